The molecular weight excluding hydrogens is 336 g/mol. The lowest BCUT2D eigenvalue weighted by molar-refractivity contribution is -0.119. The molecule has 25 heavy (non-hydrogen) atoms. The summed E-state index contributed by atoms with van der Waals surface area (Å²) in [7, 11) is 0. The molecule has 0 bridgehead atoms. The van der Waals surface area contributed by atoms with Crippen LogP contribution in [0.5, 0.6) is 5.75 Å². The number of pyridine rings is 1. The molecule has 7 heteroatoms. The Hall–Kier alpha value is -3.37. The van der Waals surface area contributed by atoms with Crippen LogP contribution in [0.1, 0.15) is 5.56 Å². The molecule has 3 rings (SSSR count). The molecule has 0 saturated carbocycles. The SMILES string of the molecule is N#Cc1c(-c2cccs2)cc(-c2ccccc2OCC(N)=O)nc1N. The average molecular weight is 350 g/mol. The summed E-state index contributed by atoms with van der Waals surface area (Å²) in [5.74, 6) is 0.0459. The molecule has 0 saturated heterocycles. The van der Waals surface area contributed by atoms with E-state index < -0.39 is 5.91 Å². The van der Waals surface area contributed by atoms with Crippen LogP contribution in [-0.4, -0.2) is 17.5 Å². The molecule has 0 aliphatic carbocycles. The van der Waals surface area contributed by atoms with E-state index >= 15 is 0 Å². The number of hydrogen-bond acceptors (Lipinski definition) is 6. The number of carbonyl (C=O) groups excluding carboxylic acids is 1. The third-order valence-electron chi connectivity index (χ3n) is 3.48. The zero-order valence-corrected chi connectivity index (χ0v) is 13.9. The number of carbonyl (C=O) groups is 1. The Balaban J connectivity index is 2.13. The van der Waals surface area contributed by atoms with Crippen molar-refractivity contribution in [2.24, 2.45) is 5.73 Å². The van der Waals surface area contributed by atoms with Crippen molar-refractivity contribution in [3.8, 4) is 33.5 Å². The molecule has 0 fully saturated rings. The minimum atomic E-state index is -0.568. The van der Waals surface area contributed by atoms with E-state index in [0.717, 1.165) is 4.88 Å². The molecule has 3 aromatic rings. The van der Waals surface area contributed by atoms with E-state index in [2.05, 4.69) is 11.1 Å². The summed E-state index contributed by atoms with van der Waals surface area (Å²) in [4.78, 5) is 16.2. The lowest BCUT2D eigenvalue weighted by Crippen LogP contribution is -2.20. The maximum Gasteiger partial charge on any atom is 0.255 e. The Morgan fingerprint density at radius 2 is 2.04 bits per heavy atom. The Bertz CT molecular complexity index is 962. The monoisotopic (exact) mass is 350 g/mol. The topological polar surface area (TPSA) is 115 Å². The minimum absolute atomic E-state index is 0.146. The zero-order chi connectivity index (χ0) is 17.8. The Labute approximate surface area is 148 Å². The van der Waals surface area contributed by atoms with Crippen molar-refractivity contribution in [1.82, 2.24) is 4.98 Å². The fourth-order valence-electron chi connectivity index (χ4n) is 2.40. The van der Waals surface area contributed by atoms with Crippen LogP contribution < -0.4 is 16.2 Å². The molecule has 4 N–H and O–H groups in total. The first-order valence-electron chi connectivity index (χ1n) is 7.35. The molecule has 0 radical (unpaired) electrons. The first-order chi connectivity index (χ1) is 12.1. The number of primary amides is 1. The summed E-state index contributed by atoms with van der Waals surface area (Å²) in [5, 5.41) is 11.3. The largest absolute Gasteiger partial charge is 0.483 e. The smallest absolute Gasteiger partial charge is 0.255 e. The Morgan fingerprint density at radius 3 is 2.72 bits per heavy atom. The lowest BCUT2D eigenvalue weighted by atomic mass is 10.0. The van der Waals surface area contributed by atoms with Crippen molar-refractivity contribution in [2.75, 3.05) is 12.3 Å². The maximum absolute atomic E-state index is 11.0. The summed E-state index contributed by atoms with van der Waals surface area (Å²) in [6.45, 7) is -0.236. The van der Waals surface area contributed by atoms with Gasteiger partial charge in [-0.15, -0.1) is 11.3 Å². The highest BCUT2D eigenvalue weighted by atomic mass is 32.1. The number of rotatable bonds is 5. The van der Waals surface area contributed by atoms with Crippen molar-refractivity contribution >= 4 is 23.1 Å². The van der Waals surface area contributed by atoms with Gasteiger partial charge in [0.15, 0.2) is 6.61 Å². The van der Waals surface area contributed by atoms with Gasteiger partial charge in [0.2, 0.25) is 0 Å². The first kappa shape index (κ1) is 16.5. The first-order valence-corrected chi connectivity index (χ1v) is 8.23. The summed E-state index contributed by atoms with van der Waals surface area (Å²) in [6, 6.07) is 14.9. The summed E-state index contributed by atoms with van der Waals surface area (Å²) in [6.07, 6.45) is 0. The van der Waals surface area contributed by atoms with Crippen LogP contribution >= 0.6 is 11.3 Å². The summed E-state index contributed by atoms with van der Waals surface area (Å²) in [5.41, 5.74) is 13.4. The van der Waals surface area contributed by atoms with Crippen LogP contribution in [0.3, 0.4) is 0 Å². The van der Waals surface area contributed by atoms with E-state index in [1.54, 1.807) is 18.2 Å². The van der Waals surface area contributed by atoms with Gasteiger partial charge in [-0.3, -0.25) is 4.79 Å². The van der Waals surface area contributed by atoms with Crippen LogP contribution in [0.4, 0.5) is 5.82 Å². The van der Waals surface area contributed by atoms with Crippen molar-refractivity contribution in [3.63, 3.8) is 0 Å². The van der Waals surface area contributed by atoms with Crippen molar-refractivity contribution in [1.29, 1.82) is 5.26 Å². The van der Waals surface area contributed by atoms with Gasteiger partial charge in [-0.25, -0.2) is 4.98 Å². The number of para-hydroxylation sites is 1. The molecule has 0 unspecified atom stereocenters. The average Bonchev–Trinajstić information content (AvgIpc) is 3.14. The number of nitrogens with two attached hydrogens (primary N) is 2. The van der Waals surface area contributed by atoms with Gasteiger partial charge < -0.3 is 16.2 Å². The van der Waals surface area contributed by atoms with Gasteiger partial charge in [-0.1, -0.05) is 18.2 Å². The molecule has 1 amide bonds. The number of hydrogen-bond donors (Lipinski definition) is 2. The lowest BCUT2D eigenvalue weighted by Gasteiger charge is -2.12. The molecule has 0 aliphatic rings. The summed E-state index contributed by atoms with van der Waals surface area (Å²) < 4.78 is 5.46. The van der Waals surface area contributed by atoms with E-state index in [1.807, 2.05) is 29.6 Å². The van der Waals surface area contributed by atoms with Gasteiger partial charge in [-0.05, 0) is 29.6 Å². The van der Waals surface area contributed by atoms with Gasteiger partial charge >= 0.3 is 0 Å². The van der Waals surface area contributed by atoms with Crippen molar-refractivity contribution < 1.29 is 9.53 Å². The maximum atomic E-state index is 11.0. The number of amides is 1. The van der Waals surface area contributed by atoms with E-state index in [0.29, 0.717) is 28.1 Å². The molecule has 2 heterocycles. The number of thiophene rings is 1. The second-order valence-electron chi connectivity index (χ2n) is 5.16. The molecule has 0 aliphatic heterocycles. The fourth-order valence-corrected chi connectivity index (χ4v) is 3.15. The van der Waals surface area contributed by atoms with Crippen LogP contribution in [0.25, 0.3) is 21.7 Å². The quantitative estimate of drug-likeness (QED) is 0.734. The van der Waals surface area contributed by atoms with Gasteiger partial charge in [0, 0.05) is 16.0 Å². The van der Waals surface area contributed by atoms with E-state index in [4.69, 9.17) is 16.2 Å². The fraction of sp³-hybridized carbons (Fsp3) is 0.0556. The Kier molecular flexibility index (Phi) is 4.64. The second kappa shape index (κ2) is 7.03. The highest BCUT2D eigenvalue weighted by Crippen LogP contribution is 2.36. The molecule has 6 nitrogen and oxygen atoms in total. The number of anilines is 1. The van der Waals surface area contributed by atoms with E-state index in [9.17, 15) is 10.1 Å². The predicted molar refractivity (Wildman–Crippen MR) is 96.8 cm³/mol. The number of nitrogen functional groups attached to an aromatic ring is 1. The highest BCUT2D eigenvalue weighted by molar-refractivity contribution is 7.13. The van der Waals surface area contributed by atoms with Crippen molar-refractivity contribution in [2.45, 2.75) is 0 Å². The van der Waals surface area contributed by atoms with E-state index in [-0.39, 0.29) is 12.4 Å². The molecule has 1 aromatic carbocycles. The number of ether oxygens (including phenoxy) is 1. The van der Waals surface area contributed by atoms with E-state index in [1.165, 1.54) is 11.3 Å². The van der Waals surface area contributed by atoms with Gasteiger partial charge in [-0.2, -0.15) is 5.26 Å². The molecule has 0 spiro atoms. The number of aromatic nitrogens is 1. The van der Waals surface area contributed by atoms with Crippen LogP contribution in [-0.2, 0) is 4.79 Å². The predicted octanol–water partition coefficient (Wildman–Crippen LogP) is 2.80. The van der Waals surface area contributed by atoms with Crippen LogP contribution in [0.2, 0.25) is 0 Å². The standard InChI is InChI=1S/C18H14N4O2S/c19-9-13-12(16-6-3-7-25-16)8-14(22-18(13)21)11-4-1-2-5-15(11)24-10-17(20)23/h1-8H,10H2,(H2,20,23)(H2,21,22). The van der Waals surface area contributed by atoms with Gasteiger partial charge in [0.25, 0.3) is 5.91 Å². The number of nitrogens with zero attached hydrogens (tertiary/aromatic N) is 2. The molecule has 2 aromatic heterocycles. The zero-order valence-electron chi connectivity index (χ0n) is 13.1. The van der Waals surface area contributed by atoms with Crippen LogP contribution in [0, 0.1) is 11.3 Å². The highest BCUT2D eigenvalue weighted by Gasteiger charge is 2.16. The third-order valence-corrected chi connectivity index (χ3v) is 4.38. The van der Waals surface area contributed by atoms with Gasteiger partial charge in [0.05, 0.1) is 5.69 Å². The van der Waals surface area contributed by atoms with Crippen LogP contribution in [0.15, 0.2) is 47.8 Å². The number of benzene rings is 1. The number of nitriles is 1. The van der Waals surface area contributed by atoms with Gasteiger partial charge in [0.1, 0.15) is 23.2 Å². The molecule has 124 valence electrons. The summed E-state index contributed by atoms with van der Waals surface area (Å²) >= 11 is 1.51. The normalized spacial score (nSPS) is 10.2. The third kappa shape index (κ3) is 3.44. The van der Waals surface area contributed by atoms with Crippen molar-refractivity contribution in [3.05, 3.63) is 53.4 Å². The molecular formula is C18H14N4O2S. The molecule has 0 atom stereocenters. The minimum Gasteiger partial charge on any atom is -0.483 e. The Morgan fingerprint density at radius 1 is 1.24 bits per heavy atom. The second-order valence-corrected chi connectivity index (χ2v) is 6.10.